The smallest absolute Gasteiger partial charge is 0.261 e. The number of amides is 2. The van der Waals surface area contributed by atoms with E-state index >= 15 is 0 Å². The van der Waals surface area contributed by atoms with Crippen molar-refractivity contribution in [3.8, 4) is 6.07 Å². The van der Waals surface area contributed by atoms with E-state index in [2.05, 4.69) is 6.07 Å². The van der Waals surface area contributed by atoms with Crippen LogP contribution in [0.25, 0.3) is 10.9 Å². The van der Waals surface area contributed by atoms with Crippen LogP contribution in [0, 0.1) is 11.3 Å². The Morgan fingerprint density at radius 2 is 1.59 bits per heavy atom. The molecule has 3 aromatic rings. The van der Waals surface area contributed by atoms with Gasteiger partial charge in [0.15, 0.2) is 5.78 Å². The van der Waals surface area contributed by atoms with E-state index < -0.39 is 11.8 Å². The average Bonchev–Trinajstić information content (AvgIpc) is 3.18. The summed E-state index contributed by atoms with van der Waals surface area (Å²) in [5, 5.41) is 9.58. The molecule has 6 heteroatoms. The lowest BCUT2D eigenvalue weighted by molar-refractivity contribution is 0.0624. The van der Waals surface area contributed by atoms with Crippen molar-refractivity contribution < 1.29 is 14.4 Å². The summed E-state index contributed by atoms with van der Waals surface area (Å²) >= 11 is 0. The van der Waals surface area contributed by atoms with Crippen molar-refractivity contribution in [2.75, 3.05) is 6.54 Å². The Hall–Kier alpha value is -3.72. The largest absolute Gasteiger partial charge is 0.346 e. The maximum absolute atomic E-state index is 12.9. The fourth-order valence-corrected chi connectivity index (χ4v) is 3.44. The number of benzene rings is 2. The van der Waals surface area contributed by atoms with E-state index in [1.165, 1.54) is 0 Å². The number of imide groups is 1. The van der Waals surface area contributed by atoms with Crippen LogP contribution in [0.3, 0.4) is 0 Å². The third-order valence-electron chi connectivity index (χ3n) is 4.73. The molecule has 0 unspecified atom stereocenters. The molecule has 0 N–H and O–H groups in total. The van der Waals surface area contributed by atoms with Crippen LogP contribution in [0.4, 0.5) is 0 Å². The Bertz CT molecular complexity index is 1100. The highest BCUT2D eigenvalue weighted by atomic mass is 16.2. The van der Waals surface area contributed by atoms with Crippen LogP contribution < -0.4 is 0 Å². The van der Waals surface area contributed by atoms with Gasteiger partial charge in [0.25, 0.3) is 11.8 Å². The molecule has 6 nitrogen and oxygen atoms in total. The molecule has 0 radical (unpaired) electrons. The zero-order chi connectivity index (χ0) is 19.0. The van der Waals surface area contributed by atoms with Crippen LogP contribution in [0.15, 0.2) is 54.7 Å². The molecular formula is C21H15N3O3. The number of rotatable bonds is 5. The van der Waals surface area contributed by atoms with E-state index in [0.29, 0.717) is 29.7 Å². The summed E-state index contributed by atoms with van der Waals surface area (Å²) in [4.78, 5) is 38.9. The number of carbonyl (C=O) groups excluding carboxylic acids is 3. The zero-order valence-electron chi connectivity index (χ0n) is 14.4. The van der Waals surface area contributed by atoms with Gasteiger partial charge in [-0.3, -0.25) is 19.3 Å². The molecule has 27 heavy (non-hydrogen) atoms. The maximum atomic E-state index is 12.9. The van der Waals surface area contributed by atoms with Crippen LogP contribution >= 0.6 is 0 Å². The Morgan fingerprint density at radius 3 is 2.26 bits per heavy atom. The van der Waals surface area contributed by atoms with Crippen LogP contribution in [0.2, 0.25) is 0 Å². The number of hydrogen-bond donors (Lipinski definition) is 0. The molecule has 2 heterocycles. The van der Waals surface area contributed by atoms with Crippen molar-refractivity contribution in [2.24, 2.45) is 0 Å². The number of hydrogen-bond acceptors (Lipinski definition) is 4. The van der Waals surface area contributed by atoms with Crippen LogP contribution in [0.5, 0.6) is 0 Å². The molecule has 0 fully saturated rings. The Kier molecular flexibility index (Phi) is 4.05. The van der Waals surface area contributed by atoms with Gasteiger partial charge < -0.3 is 4.57 Å². The standard InChI is InChI=1S/C21H15N3O3/c22-10-5-11-23-12-17(14-6-3-4-9-18(14)23)19(25)13-24-20(26)15-7-1-2-8-16(15)21(24)27/h1-4,6-9,12H,5,11,13H2. The van der Waals surface area contributed by atoms with Crippen LogP contribution in [0.1, 0.15) is 37.5 Å². The van der Waals surface area contributed by atoms with Gasteiger partial charge in [-0.05, 0) is 18.2 Å². The molecule has 0 spiro atoms. The first-order valence-corrected chi connectivity index (χ1v) is 8.55. The van der Waals surface area contributed by atoms with Crippen LogP contribution in [-0.4, -0.2) is 33.6 Å². The summed E-state index contributed by atoms with van der Waals surface area (Å²) in [5.41, 5.74) is 1.94. The Morgan fingerprint density at radius 1 is 0.963 bits per heavy atom. The van der Waals surface area contributed by atoms with E-state index in [-0.39, 0.29) is 12.3 Å². The quantitative estimate of drug-likeness (QED) is 0.519. The number of carbonyl (C=O) groups is 3. The number of aryl methyl sites for hydroxylation is 1. The first-order valence-electron chi connectivity index (χ1n) is 8.55. The highest BCUT2D eigenvalue weighted by Crippen LogP contribution is 2.25. The van der Waals surface area contributed by atoms with Crippen LogP contribution in [-0.2, 0) is 6.54 Å². The molecule has 0 saturated carbocycles. The van der Waals surface area contributed by atoms with Gasteiger partial charge in [0.1, 0.15) is 0 Å². The molecular weight excluding hydrogens is 342 g/mol. The maximum Gasteiger partial charge on any atom is 0.261 e. The minimum atomic E-state index is -0.447. The summed E-state index contributed by atoms with van der Waals surface area (Å²) in [6, 6.07) is 16.1. The SMILES string of the molecule is N#CCCn1cc(C(=O)CN2C(=O)c3ccccc3C2=O)c2ccccc21. The van der Waals surface area contributed by atoms with Gasteiger partial charge in [-0.15, -0.1) is 0 Å². The van der Waals surface area contributed by atoms with Crippen molar-refractivity contribution >= 4 is 28.5 Å². The van der Waals surface area contributed by atoms with Crippen molar-refractivity contribution in [3.05, 3.63) is 71.4 Å². The second-order valence-corrected chi connectivity index (χ2v) is 6.33. The molecule has 2 aromatic carbocycles. The van der Waals surface area contributed by atoms with Crippen molar-refractivity contribution in [3.63, 3.8) is 0 Å². The third-order valence-corrected chi connectivity index (χ3v) is 4.73. The second-order valence-electron chi connectivity index (χ2n) is 6.33. The zero-order valence-corrected chi connectivity index (χ0v) is 14.4. The molecule has 0 bridgehead atoms. The summed E-state index contributed by atoms with van der Waals surface area (Å²) in [7, 11) is 0. The van der Waals surface area contributed by atoms with Gasteiger partial charge in [0.2, 0.25) is 0 Å². The lowest BCUT2D eigenvalue weighted by Gasteiger charge is -2.12. The highest BCUT2D eigenvalue weighted by Gasteiger charge is 2.36. The van der Waals surface area contributed by atoms with E-state index in [1.807, 2.05) is 28.8 Å². The first-order chi connectivity index (χ1) is 13.1. The van der Waals surface area contributed by atoms with Crippen molar-refractivity contribution in [1.29, 1.82) is 5.26 Å². The molecule has 0 saturated heterocycles. The molecule has 1 aliphatic heterocycles. The predicted octanol–water partition coefficient (Wildman–Crippen LogP) is 3.03. The lowest BCUT2D eigenvalue weighted by atomic mass is 10.1. The molecule has 4 rings (SSSR count). The van der Waals surface area contributed by atoms with Gasteiger partial charge in [-0.2, -0.15) is 5.26 Å². The van der Waals surface area contributed by atoms with Gasteiger partial charge >= 0.3 is 0 Å². The molecule has 132 valence electrons. The fourth-order valence-electron chi connectivity index (χ4n) is 3.44. The second kappa shape index (κ2) is 6.54. The average molecular weight is 357 g/mol. The summed E-state index contributed by atoms with van der Waals surface area (Å²) in [6.07, 6.45) is 2.02. The van der Waals surface area contributed by atoms with E-state index in [1.54, 1.807) is 30.5 Å². The van der Waals surface area contributed by atoms with E-state index in [4.69, 9.17) is 5.26 Å². The monoisotopic (exact) mass is 357 g/mol. The first kappa shape index (κ1) is 16.7. The van der Waals surface area contributed by atoms with Crippen molar-refractivity contribution in [1.82, 2.24) is 9.47 Å². The summed E-state index contributed by atoms with van der Waals surface area (Å²) in [6.45, 7) is 0.163. The normalized spacial score (nSPS) is 13.1. The van der Waals surface area contributed by atoms with Gasteiger partial charge in [0, 0.05) is 29.2 Å². The highest BCUT2D eigenvalue weighted by molar-refractivity contribution is 6.23. The molecule has 1 aromatic heterocycles. The predicted molar refractivity (Wildman–Crippen MR) is 98.3 cm³/mol. The minimum Gasteiger partial charge on any atom is -0.346 e. The number of nitriles is 1. The number of aromatic nitrogens is 1. The fraction of sp³-hybridized carbons (Fsp3) is 0.143. The summed E-state index contributed by atoms with van der Waals surface area (Å²) in [5.74, 6) is -1.20. The molecule has 1 aliphatic rings. The number of Topliss-reactive ketones (excluding diaryl/α,β-unsaturated/α-hetero) is 1. The van der Waals surface area contributed by atoms with E-state index in [0.717, 1.165) is 15.8 Å². The lowest BCUT2D eigenvalue weighted by Crippen LogP contribution is -2.34. The van der Waals surface area contributed by atoms with Gasteiger partial charge in [-0.25, -0.2) is 0 Å². The number of ketones is 1. The van der Waals surface area contributed by atoms with Crippen molar-refractivity contribution in [2.45, 2.75) is 13.0 Å². The molecule has 0 aliphatic carbocycles. The number of nitrogens with zero attached hydrogens (tertiary/aromatic N) is 3. The topological polar surface area (TPSA) is 83.2 Å². The van der Waals surface area contributed by atoms with E-state index in [9.17, 15) is 14.4 Å². The number of fused-ring (bicyclic) bond motifs is 2. The third kappa shape index (κ3) is 2.70. The minimum absolute atomic E-state index is 0.307. The van der Waals surface area contributed by atoms with Gasteiger partial charge in [-0.1, -0.05) is 30.3 Å². The molecule has 2 amide bonds. The van der Waals surface area contributed by atoms with Gasteiger partial charge in [0.05, 0.1) is 30.2 Å². The molecule has 0 atom stereocenters. The Balaban J connectivity index is 1.66. The summed E-state index contributed by atoms with van der Waals surface area (Å²) < 4.78 is 1.86. The number of para-hydroxylation sites is 1. The Labute approximate surface area is 155 Å².